The normalized spacial score (nSPS) is 13.3. The average molecular weight is 532 g/mol. The molecule has 1 unspecified atom stereocenters. The summed E-state index contributed by atoms with van der Waals surface area (Å²) in [6, 6.07) is 3.63. The molecule has 0 bridgehead atoms. The third kappa shape index (κ3) is 10.6. The molecule has 1 aromatic rings. The molecule has 0 amide bonds. The van der Waals surface area contributed by atoms with Crippen molar-refractivity contribution in [2.24, 2.45) is 4.99 Å². The molecule has 1 aromatic heterocycles. The summed E-state index contributed by atoms with van der Waals surface area (Å²) in [5.74, 6) is 0.690. The van der Waals surface area contributed by atoms with Gasteiger partial charge in [-0.15, -0.1) is 35.3 Å². The number of hydrogen-bond acceptors (Lipinski definition) is 5. The van der Waals surface area contributed by atoms with Gasteiger partial charge in [-0.3, -0.25) is 4.99 Å². The van der Waals surface area contributed by atoms with E-state index in [0.717, 1.165) is 32.5 Å². The molecular weight excluding hydrogens is 497 g/mol. The van der Waals surface area contributed by atoms with Crippen LogP contribution in [0.4, 0.5) is 0 Å². The minimum atomic E-state index is -3.41. The lowest BCUT2D eigenvalue weighted by atomic mass is 10.2. The Morgan fingerprint density at radius 3 is 2.56 bits per heavy atom. The Bertz CT molecular complexity index is 619. The molecule has 3 N–H and O–H groups in total. The van der Waals surface area contributed by atoms with E-state index in [4.69, 9.17) is 0 Å². The molecule has 7 nitrogen and oxygen atoms in total. The number of rotatable bonds is 12. The van der Waals surface area contributed by atoms with E-state index < -0.39 is 10.0 Å². The van der Waals surface area contributed by atoms with E-state index in [2.05, 4.69) is 46.0 Å². The molecule has 0 spiro atoms. The van der Waals surface area contributed by atoms with Crippen LogP contribution in [0.2, 0.25) is 0 Å². The first-order valence-electron chi connectivity index (χ1n) is 9.15. The SMILES string of the molecule is CCN(CC)CCCC(C)NC(=NC)NCCNS(=O)(=O)c1cccs1.I. The molecule has 0 fully saturated rings. The van der Waals surface area contributed by atoms with Crippen molar-refractivity contribution >= 4 is 51.3 Å². The van der Waals surface area contributed by atoms with Gasteiger partial charge in [-0.05, 0) is 50.8 Å². The lowest BCUT2D eigenvalue weighted by molar-refractivity contribution is 0.292. The van der Waals surface area contributed by atoms with Crippen LogP contribution in [-0.4, -0.2) is 65.1 Å². The molecule has 0 saturated heterocycles. The maximum atomic E-state index is 12.0. The number of hydrogen-bond donors (Lipinski definition) is 3. The Morgan fingerprint density at radius 2 is 2.00 bits per heavy atom. The Morgan fingerprint density at radius 1 is 1.30 bits per heavy atom. The van der Waals surface area contributed by atoms with Crippen molar-refractivity contribution in [1.82, 2.24) is 20.3 Å². The second-order valence-electron chi connectivity index (χ2n) is 6.04. The van der Waals surface area contributed by atoms with E-state index in [-0.39, 0.29) is 24.0 Å². The Labute approximate surface area is 185 Å². The van der Waals surface area contributed by atoms with Crippen LogP contribution >= 0.6 is 35.3 Å². The maximum Gasteiger partial charge on any atom is 0.250 e. The molecule has 0 aliphatic rings. The van der Waals surface area contributed by atoms with Gasteiger partial charge in [0, 0.05) is 26.2 Å². The number of thiophene rings is 1. The molecule has 0 aliphatic carbocycles. The van der Waals surface area contributed by atoms with E-state index in [1.165, 1.54) is 11.3 Å². The van der Waals surface area contributed by atoms with Crippen molar-refractivity contribution < 1.29 is 8.42 Å². The summed E-state index contributed by atoms with van der Waals surface area (Å²) >= 11 is 1.21. The van der Waals surface area contributed by atoms with Gasteiger partial charge in [0.05, 0.1) is 0 Å². The fourth-order valence-electron chi connectivity index (χ4n) is 2.51. The van der Waals surface area contributed by atoms with Gasteiger partial charge >= 0.3 is 0 Å². The zero-order valence-corrected chi connectivity index (χ0v) is 20.7. The van der Waals surface area contributed by atoms with Crippen LogP contribution in [-0.2, 0) is 10.0 Å². The molecule has 1 rings (SSSR count). The standard InChI is InChI=1S/C17H33N5O2S2.HI/c1-5-22(6-2)13-7-9-15(3)21-17(18-4)19-11-12-20-26(23,24)16-10-8-14-25-16;/h8,10,14-15,20H,5-7,9,11-13H2,1-4H3,(H2,18,19,21);1H. The second kappa shape index (κ2) is 14.6. The van der Waals surface area contributed by atoms with Crippen LogP contribution in [0, 0.1) is 0 Å². The summed E-state index contributed by atoms with van der Waals surface area (Å²) in [5, 5.41) is 8.24. The molecule has 158 valence electrons. The quantitative estimate of drug-likeness (QED) is 0.167. The van der Waals surface area contributed by atoms with Crippen molar-refractivity contribution in [2.75, 3.05) is 39.8 Å². The van der Waals surface area contributed by atoms with E-state index in [0.29, 0.717) is 29.3 Å². The van der Waals surface area contributed by atoms with Crippen molar-refractivity contribution in [2.45, 2.75) is 43.9 Å². The summed E-state index contributed by atoms with van der Waals surface area (Å²) in [4.78, 5) is 6.61. The molecule has 1 atom stereocenters. The van der Waals surface area contributed by atoms with Gasteiger partial charge < -0.3 is 15.5 Å². The Balaban J connectivity index is 0.00000676. The third-order valence-corrected chi connectivity index (χ3v) is 6.94. The number of halogens is 1. The first-order chi connectivity index (χ1) is 12.4. The summed E-state index contributed by atoms with van der Waals surface area (Å²) in [7, 11) is -1.69. The number of nitrogens with one attached hydrogen (secondary N) is 3. The lowest BCUT2D eigenvalue weighted by Gasteiger charge is -2.21. The van der Waals surface area contributed by atoms with Crippen LogP contribution in [0.3, 0.4) is 0 Å². The molecule has 10 heteroatoms. The van der Waals surface area contributed by atoms with Gasteiger partial charge in [0.1, 0.15) is 4.21 Å². The Hall–Kier alpha value is -0.430. The molecule has 0 saturated carbocycles. The first-order valence-corrected chi connectivity index (χ1v) is 11.5. The van der Waals surface area contributed by atoms with E-state index >= 15 is 0 Å². The molecule has 0 aromatic carbocycles. The van der Waals surface area contributed by atoms with Crippen LogP contribution in [0.25, 0.3) is 0 Å². The molecule has 27 heavy (non-hydrogen) atoms. The van der Waals surface area contributed by atoms with Gasteiger partial charge in [0.2, 0.25) is 10.0 Å². The summed E-state index contributed by atoms with van der Waals surface area (Å²) < 4.78 is 27.0. The van der Waals surface area contributed by atoms with Crippen LogP contribution in [0.1, 0.15) is 33.6 Å². The zero-order valence-electron chi connectivity index (χ0n) is 16.7. The average Bonchev–Trinajstić information content (AvgIpc) is 3.17. The second-order valence-corrected chi connectivity index (χ2v) is 8.98. The van der Waals surface area contributed by atoms with E-state index in [1.54, 1.807) is 24.6 Å². The van der Waals surface area contributed by atoms with Gasteiger partial charge in [-0.25, -0.2) is 13.1 Å². The first kappa shape index (κ1) is 26.6. The molecular formula is C17H34IN5O2S2. The number of guanidine groups is 1. The number of aliphatic imine (C=N–C) groups is 1. The summed E-state index contributed by atoms with van der Waals surface area (Å²) in [5.41, 5.74) is 0. The van der Waals surface area contributed by atoms with Gasteiger partial charge in [0.15, 0.2) is 5.96 Å². The smallest absolute Gasteiger partial charge is 0.250 e. The Kier molecular flexibility index (Phi) is 14.3. The third-order valence-electron chi connectivity index (χ3n) is 4.08. The highest BCUT2D eigenvalue weighted by Gasteiger charge is 2.14. The molecule has 1 heterocycles. The highest BCUT2D eigenvalue weighted by Crippen LogP contribution is 2.14. The van der Waals surface area contributed by atoms with Crippen molar-refractivity contribution in [3.63, 3.8) is 0 Å². The van der Waals surface area contributed by atoms with E-state index in [1.807, 2.05) is 0 Å². The van der Waals surface area contributed by atoms with Crippen LogP contribution in [0.5, 0.6) is 0 Å². The largest absolute Gasteiger partial charge is 0.355 e. The summed E-state index contributed by atoms with van der Waals surface area (Å²) in [6.45, 7) is 10.6. The molecule has 0 aliphatic heterocycles. The number of sulfonamides is 1. The maximum absolute atomic E-state index is 12.0. The predicted octanol–water partition coefficient (Wildman–Crippen LogP) is 2.32. The highest BCUT2D eigenvalue weighted by atomic mass is 127. The van der Waals surface area contributed by atoms with Gasteiger partial charge in [-0.1, -0.05) is 19.9 Å². The topological polar surface area (TPSA) is 85.8 Å². The number of nitrogens with zero attached hydrogens (tertiary/aromatic N) is 2. The van der Waals surface area contributed by atoms with Gasteiger partial charge in [0.25, 0.3) is 0 Å². The van der Waals surface area contributed by atoms with Crippen molar-refractivity contribution in [3.8, 4) is 0 Å². The summed E-state index contributed by atoms with van der Waals surface area (Å²) in [6.07, 6.45) is 2.19. The molecule has 0 radical (unpaired) electrons. The van der Waals surface area contributed by atoms with Crippen molar-refractivity contribution in [3.05, 3.63) is 17.5 Å². The van der Waals surface area contributed by atoms with Crippen molar-refractivity contribution in [1.29, 1.82) is 0 Å². The fraction of sp³-hybridized carbons (Fsp3) is 0.706. The lowest BCUT2D eigenvalue weighted by Crippen LogP contribution is -2.45. The van der Waals surface area contributed by atoms with Crippen LogP contribution in [0.15, 0.2) is 26.7 Å². The van der Waals surface area contributed by atoms with Crippen LogP contribution < -0.4 is 15.4 Å². The predicted molar refractivity (Wildman–Crippen MR) is 126 cm³/mol. The zero-order chi connectivity index (χ0) is 19.4. The minimum absolute atomic E-state index is 0. The fourth-order valence-corrected chi connectivity index (χ4v) is 4.58. The highest BCUT2D eigenvalue weighted by molar-refractivity contribution is 14.0. The minimum Gasteiger partial charge on any atom is -0.355 e. The monoisotopic (exact) mass is 531 g/mol. The van der Waals surface area contributed by atoms with Gasteiger partial charge in [-0.2, -0.15) is 0 Å². The van der Waals surface area contributed by atoms with E-state index in [9.17, 15) is 8.42 Å².